The van der Waals surface area contributed by atoms with Crippen molar-refractivity contribution in [2.75, 3.05) is 5.32 Å². The van der Waals surface area contributed by atoms with Crippen LogP contribution >= 0.6 is 0 Å². The second-order valence-electron chi connectivity index (χ2n) is 8.03. The standard InChI is InChI=1S/C21H20F4N4O/c1-29-19(27-16(30)9-15-10-20(22,23)21(15,24)25)17(13-3-2-4-13)18(28-29)14-7-5-12(11-26)6-8-14/h5-8,13,15H,2-4,9-10H2,1H3,(H,27,30)/t15-/m0/s1. The molecule has 158 valence electrons. The van der Waals surface area contributed by atoms with Crippen molar-refractivity contribution in [3.8, 4) is 17.3 Å². The molecule has 2 saturated carbocycles. The lowest BCUT2D eigenvalue weighted by molar-refractivity contribution is -0.313. The van der Waals surface area contributed by atoms with Crippen LogP contribution in [0.15, 0.2) is 24.3 Å². The van der Waals surface area contributed by atoms with Crippen molar-refractivity contribution in [3.05, 3.63) is 35.4 Å². The zero-order valence-electron chi connectivity index (χ0n) is 16.3. The molecule has 0 unspecified atom stereocenters. The van der Waals surface area contributed by atoms with Crippen molar-refractivity contribution in [3.63, 3.8) is 0 Å². The molecule has 1 aromatic heterocycles. The molecular weight excluding hydrogens is 400 g/mol. The number of benzene rings is 1. The van der Waals surface area contributed by atoms with Crippen LogP contribution in [0.25, 0.3) is 11.3 Å². The first-order chi connectivity index (χ1) is 14.1. The van der Waals surface area contributed by atoms with Gasteiger partial charge in [0.25, 0.3) is 0 Å². The quantitative estimate of drug-likeness (QED) is 0.704. The molecule has 0 saturated heterocycles. The van der Waals surface area contributed by atoms with Gasteiger partial charge in [-0.05, 0) is 30.9 Å². The van der Waals surface area contributed by atoms with E-state index in [-0.39, 0.29) is 5.92 Å². The number of hydrogen-bond acceptors (Lipinski definition) is 3. The molecule has 1 aromatic carbocycles. The van der Waals surface area contributed by atoms with E-state index in [1.165, 1.54) is 4.68 Å². The third-order valence-electron chi connectivity index (χ3n) is 6.08. The second-order valence-corrected chi connectivity index (χ2v) is 8.03. The van der Waals surface area contributed by atoms with Crippen molar-refractivity contribution >= 4 is 11.7 Å². The minimum atomic E-state index is -4.17. The van der Waals surface area contributed by atoms with Crippen LogP contribution in [0.3, 0.4) is 0 Å². The van der Waals surface area contributed by atoms with Crippen molar-refractivity contribution in [2.24, 2.45) is 13.0 Å². The smallest absolute Gasteiger partial charge is 0.311 e. The molecule has 1 N–H and O–H groups in total. The number of amides is 1. The minimum Gasteiger partial charge on any atom is -0.311 e. The van der Waals surface area contributed by atoms with Crippen LogP contribution in [-0.2, 0) is 11.8 Å². The number of aryl methyl sites for hydroxylation is 1. The minimum absolute atomic E-state index is 0.161. The summed E-state index contributed by atoms with van der Waals surface area (Å²) in [5.41, 5.74) is 2.75. The number of halogens is 4. The van der Waals surface area contributed by atoms with E-state index >= 15 is 0 Å². The second kappa shape index (κ2) is 7.11. The Hall–Kier alpha value is -2.89. The van der Waals surface area contributed by atoms with E-state index in [1.807, 2.05) is 0 Å². The molecule has 0 radical (unpaired) electrons. The molecule has 0 aliphatic heterocycles. The van der Waals surface area contributed by atoms with Gasteiger partial charge in [0.2, 0.25) is 5.91 Å². The first kappa shape index (κ1) is 20.4. The highest BCUT2D eigenvalue weighted by molar-refractivity contribution is 5.92. The van der Waals surface area contributed by atoms with Crippen molar-refractivity contribution in [1.82, 2.24) is 9.78 Å². The fraction of sp³-hybridized carbons (Fsp3) is 0.476. The van der Waals surface area contributed by atoms with E-state index in [9.17, 15) is 22.4 Å². The molecule has 9 heteroatoms. The van der Waals surface area contributed by atoms with Crippen molar-refractivity contribution in [2.45, 2.75) is 49.9 Å². The van der Waals surface area contributed by atoms with Crippen molar-refractivity contribution < 1.29 is 22.4 Å². The summed E-state index contributed by atoms with van der Waals surface area (Å²) in [7, 11) is 1.64. The predicted octanol–water partition coefficient (Wildman–Crippen LogP) is 4.85. The summed E-state index contributed by atoms with van der Waals surface area (Å²) >= 11 is 0. The monoisotopic (exact) mass is 420 g/mol. The Morgan fingerprint density at radius 2 is 1.93 bits per heavy atom. The van der Waals surface area contributed by atoms with Crippen LogP contribution in [0.1, 0.15) is 49.1 Å². The van der Waals surface area contributed by atoms with Gasteiger partial charge < -0.3 is 5.32 Å². The number of carbonyl (C=O) groups is 1. The summed E-state index contributed by atoms with van der Waals surface area (Å²) < 4.78 is 54.7. The van der Waals surface area contributed by atoms with Gasteiger partial charge >= 0.3 is 11.8 Å². The summed E-state index contributed by atoms with van der Waals surface area (Å²) in [5, 5.41) is 16.1. The first-order valence-electron chi connectivity index (χ1n) is 9.77. The predicted molar refractivity (Wildman–Crippen MR) is 101 cm³/mol. The van der Waals surface area contributed by atoms with Gasteiger partial charge in [-0.1, -0.05) is 18.6 Å². The number of nitrogens with zero attached hydrogens (tertiary/aromatic N) is 3. The maximum Gasteiger partial charge on any atom is 0.313 e. The fourth-order valence-electron chi connectivity index (χ4n) is 4.04. The van der Waals surface area contributed by atoms with Gasteiger partial charge in [-0.25, -0.2) is 0 Å². The highest BCUT2D eigenvalue weighted by Crippen LogP contribution is 2.56. The molecule has 1 amide bonds. The fourth-order valence-corrected chi connectivity index (χ4v) is 4.04. The average Bonchev–Trinajstić information content (AvgIpc) is 2.96. The number of anilines is 1. The van der Waals surface area contributed by atoms with Crippen LogP contribution in [-0.4, -0.2) is 27.5 Å². The first-order valence-corrected chi connectivity index (χ1v) is 9.77. The van der Waals surface area contributed by atoms with Gasteiger partial charge in [-0.15, -0.1) is 0 Å². The third kappa shape index (κ3) is 3.24. The number of rotatable bonds is 5. The van der Waals surface area contributed by atoms with E-state index in [0.717, 1.165) is 30.4 Å². The maximum atomic E-state index is 13.5. The van der Waals surface area contributed by atoms with Gasteiger partial charge in [0.1, 0.15) is 5.82 Å². The zero-order chi connectivity index (χ0) is 21.7. The largest absolute Gasteiger partial charge is 0.313 e. The number of nitrogens with one attached hydrogen (secondary N) is 1. The molecule has 30 heavy (non-hydrogen) atoms. The normalized spacial score (nSPS) is 21.9. The van der Waals surface area contributed by atoms with E-state index < -0.39 is 36.5 Å². The van der Waals surface area contributed by atoms with Crippen LogP contribution in [0.5, 0.6) is 0 Å². The maximum absolute atomic E-state index is 13.5. The van der Waals surface area contributed by atoms with Gasteiger partial charge in [0.15, 0.2) is 0 Å². The Balaban J connectivity index is 1.59. The average molecular weight is 420 g/mol. The number of carbonyl (C=O) groups excluding carboxylic acids is 1. The molecule has 1 atom stereocenters. The summed E-state index contributed by atoms with van der Waals surface area (Å²) in [6.45, 7) is 0. The lowest BCUT2D eigenvalue weighted by Crippen LogP contribution is -2.59. The SMILES string of the molecule is Cn1nc(-c2ccc(C#N)cc2)c(C2CCC2)c1NC(=O)C[C@H]1CC(F)(F)C1(F)F. The van der Waals surface area contributed by atoms with Gasteiger partial charge in [-0.2, -0.15) is 27.9 Å². The Labute approximate surface area is 170 Å². The lowest BCUT2D eigenvalue weighted by Gasteiger charge is -2.43. The van der Waals surface area contributed by atoms with Gasteiger partial charge in [0, 0.05) is 36.9 Å². The molecule has 2 aliphatic rings. The molecule has 5 nitrogen and oxygen atoms in total. The Kier molecular flexibility index (Phi) is 4.83. The lowest BCUT2D eigenvalue weighted by atomic mass is 9.74. The van der Waals surface area contributed by atoms with Crippen molar-refractivity contribution in [1.29, 1.82) is 5.26 Å². The molecule has 2 fully saturated rings. The Bertz CT molecular complexity index is 1020. The summed E-state index contributed by atoms with van der Waals surface area (Å²) in [6, 6.07) is 8.94. The number of nitriles is 1. The summed E-state index contributed by atoms with van der Waals surface area (Å²) in [6.07, 6.45) is 1.17. The Morgan fingerprint density at radius 3 is 2.43 bits per heavy atom. The summed E-state index contributed by atoms with van der Waals surface area (Å²) in [5.74, 6) is -10.1. The molecule has 2 aromatic rings. The zero-order valence-corrected chi connectivity index (χ0v) is 16.3. The molecule has 4 rings (SSSR count). The highest BCUT2D eigenvalue weighted by atomic mass is 19.3. The van der Waals surface area contributed by atoms with Gasteiger partial charge in [-0.3, -0.25) is 9.48 Å². The topological polar surface area (TPSA) is 70.7 Å². The van der Waals surface area contributed by atoms with E-state index in [2.05, 4.69) is 16.5 Å². The number of alkyl halides is 4. The van der Waals surface area contributed by atoms with Crippen LogP contribution in [0, 0.1) is 17.2 Å². The van der Waals surface area contributed by atoms with E-state index in [0.29, 0.717) is 17.1 Å². The molecular formula is C21H20F4N4O. The third-order valence-corrected chi connectivity index (χ3v) is 6.08. The number of aromatic nitrogens is 2. The molecule has 0 spiro atoms. The highest BCUT2D eigenvalue weighted by Gasteiger charge is 2.71. The van der Waals surface area contributed by atoms with Gasteiger partial charge in [0.05, 0.1) is 17.3 Å². The molecule has 0 bridgehead atoms. The molecule has 1 heterocycles. The van der Waals surface area contributed by atoms with Crippen LogP contribution in [0.4, 0.5) is 23.4 Å². The molecule has 2 aliphatic carbocycles. The van der Waals surface area contributed by atoms with Crippen LogP contribution in [0.2, 0.25) is 0 Å². The van der Waals surface area contributed by atoms with Crippen LogP contribution < -0.4 is 5.32 Å². The van der Waals surface area contributed by atoms with E-state index in [4.69, 9.17) is 5.26 Å². The van der Waals surface area contributed by atoms with E-state index in [1.54, 1.807) is 31.3 Å². The number of hydrogen-bond donors (Lipinski definition) is 1. The Morgan fingerprint density at radius 1 is 1.27 bits per heavy atom. The summed E-state index contributed by atoms with van der Waals surface area (Å²) in [4.78, 5) is 12.4.